The molecule has 0 radical (unpaired) electrons. The molecule has 0 saturated carbocycles. The van der Waals surface area contributed by atoms with Crippen molar-refractivity contribution in [2.45, 2.75) is 6.54 Å². The van der Waals surface area contributed by atoms with E-state index in [9.17, 15) is 14.9 Å². The molecule has 0 aliphatic rings. The summed E-state index contributed by atoms with van der Waals surface area (Å²) in [5, 5.41) is 17.7. The molecular weight excluding hydrogens is 298 g/mol. The summed E-state index contributed by atoms with van der Waals surface area (Å²) in [4.78, 5) is 22.4. The predicted molar refractivity (Wildman–Crippen MR) is 76.9 cm³/mol. The molecule has 8 nitrogen and oxygen atoms in total. The molecule has 2 rings (SSSR count). The SMILES string of the molecule is Cn1ncc(CNC(=O)c2cc(Cl)ccc2[N+](=O)[O-])c1N. The van der Waals surface area contributed by atoms with Gasteiger partial charge in [0.25, 0.3) is 11.6 Å². The molecule has 9 heteroatoms. The van der Waals surface area contributed by atoms with Crippen molar-refractivity contribution >= 4 is 29.0 Å². The summed E-state index contributed by atoms with van der Waals surface area (Å²) in [5.41, 5.74) is 5.96. The van der Waals surface area contributed by atoms with Gasteiger partial charge < -0.3 is 11.1 Å². The minimum atomic E-state index is -0.635. The van der Waals surface area contributed by atoms with Crippen LogP contribution < -0.4 is 11.1 Å². The lowest BCUT2D eigenvalue weighted by Crippen LogP contribution is -2.24. The summed E-state index contributed by atoms with van der Waals surface area (Å²) in [6, 6.07) is 3.80. The minimum Gasteiger partial charge on any atom is -0.384 e. The summed E-state index contributed by atoms with van der Waals surface area (Å²) < 4.78 is 1.46. The first-order valence-electron chi connectivity index (χ1n) is 5.88. The molecule has 3 N–H and O–H groups in total. The summed E-state index contributed by atoms with van der Waals surface area (Å²) in [7, 11) is 1.67. The van der Waals surface area contributed by atoms with E-state index in [0.717, 1.165) is 0 Å². The standard InChI is InChI=1S/C12H12ClN5O3/c1-17-11(14)7(6-16-17)5-15-12(19)9-4-8(13)2-3-10(9)18(20)21/h2-4,6H,5,14H2,1H3,(H,15,19). The lowest BCUT2D eigenvalue weighted by atomic mass is 10.1. The summed E-state index contributed by atoms with van der Waals surface area (Å²) in [5.74, 6) is -0.191. The quantitative estimate of drug-likeness (QED) is 0.655. The average Bonchev–Trinajstić information content (AvgIpc) is 2.75. The summed E-state index contributed by atoms with van der Waals surface area (Å²) in [6.07, 6.45) is 1.52. The molecule has 2 aromatic rings. The van der Waals surface area contributed by atoms with Gasteiger partial charge in [-0.05, 0) is 12.1 Å². The Labute approximate surface area is 124 Å². The number of carbonyl (C=O) groups is 1. The number of anilines is 1. The second-order valence-electron chi connectivity index (χ2n) is 4.28. The number of rotatable bonds is 4. The highest BCUT2D eigenvalue weighted by molar-refractivity contribution is 6.31. The number of aryl methyl sites for hydroxylation is 1. The molecule has 1 amide bonds. The molecule has 0 aliphatic heterocycles. The van der Waals surface area contributed by atoms with Crippen LogP contribution in [0.1, 0.15) is 15.9 Å². The van der Waals surface area contributed by atoms with Crippen LogP contribution in [0.15, 0.2) is 24.4 Å². The number of aromatic nitrogens is 2. The number of nitrogens with zero attached hydrogens (tertiary/aromatic N) is 3. The average molecular weight is 310 g/mol. The van der Waals surface area contributed by atoms with Crippen molar-refractivity contribution in [3.63, 3.8) is 0 Å². The zero-order valence-corrected chi connectivity index (χ0v) is 11.8. The predicted octanol–water partition coefficient (Wildman–Crippen LogP) is 1.49. The van der Waals surface area contributed by atoms with Crippen molar-refractivity contribution in [1.29, 1.82) is 0 Å². The smallest absolute Gasteiger partial charge is 0.282 e. The molecule has 21 heavy (non-hydrogen) atoms. The Balaban J connectivity index is 2.19. The van der Waals surface area contributed by atoms with Gasteiger partial charge in [-0.15, -0.1) is 0 Å². The molecule has 110 valence electrons. The fraction of sp³-hybridized carbons (Fsp3) is 0.167. The molecule has 0 fully saturated rings. The van der Waals surface area contributed by atoms with E-state index in [1.54, 1.807) is 7.05 Å². The number of benzene rings is 1. The Morgan fingerprint density at radius 2 is 2.29 bits per heavy atom. The van der Waals surface area contributed by atoms with E-state index in [0.29, 0.717) is 11.4 Å². The van der Waals surface area contributed by atoms with Gasteiger partial charge in [-0.2, -0.15) is 5.10 Å². The lowest BCUT2D eigenvalue weighted by molar-refractivity contribution is -0.385. The molecule has 1 heterocycles. The van der Waals surface area contributed by atoms with E-state index >= 15 is 0 Å². The van der Waals surface area contributed by atoms with Gasteiger partial charge in [0, 0.05) is 30.2 Å². The van der Waals surface area contributed by atoms with Crippen LogP contribution in [0.3, 0.4) is 0 Å². The fourth-order valence-electron chi connectivity index (χ4n) is 1.75. The normalized spacial score (nSPS) is 10.4. The van der Waals surface area contributed by atoms with Gasteiger partial charge in [0.15, 0.2) is 0 Å². The van der Waals surface area contributed by atoms with Crippen molar-refractivity contribution < 1.29 is 9.72 Å². The van der Waals surface area contributed by atoms with Gasteiger partial charge in [-0.1, -0.05) is 11.6 Å². The first kappa shape index (κ1) is 14.8. The topological polar surface area (TPSA) is 116 Å². The van der Waals surface area contributed by atoms with Gasteiger partial charge in [0.05, 0.1) is 11.1 Å². The van der Waals surface area contributed by atoms with Gasteiger partial charge >= 0.3 is 0 Å². The number of nitro groups is 1. The highest BCUT2D eigenvalue weighted by atomic mass is 35.5. The molecule has 0 unspecified atom stereocenters. The Hall–Kier alpha value is -2.61. The molecule has 0 aliphatic carbocycles. The second-order valence-corrected chi connectivity index (χ2v) is 4.72. The van der Waals surface area contributed by atoms with Crippen LogP contribution in [-0.2, 0) is 13.6 Å². The first-order valence-corrected chi connectivity index (χ1v) is 6.26. The number of amides is 1. The van der Waals surface area contributed by atoms with Gasteiger partial charge in [-0.3, -0.25) is 19.6 Å². The van der Waals surface area contributed by atoms with Crippen molar-refractivity contribution in [2.24, 2.45) is 7.05 Å². The van der Waals surface area contributed by atoms with Gasteiger partial charge in [0.2, 0.25) is 0 Å². The highest BCUT2D eigenvalue weighted by Crippen LogP contribution is 2.22. The molecule has 1 aromatic carbocycles. The number of hydrogen-bond donors (Lipinski definition) is 2. The fourth-order valence-corrected chi connectivity index (χ4v) is 1.92. The summed E-state index contributed by atoms with van der Waals surface area (Å²) >= 11 is 5.78. The van der Waals surface area contributed by atoms with Crippen LogP contribution in [0.2, 0.25) is 5.02 Å². The number of carbonyl (C=O) groups excluding carboxylic acids is 1. The third kappa shape index (κ3) is 3.11. The van der Waals surface area contributed by atoms with Gasteiger partial charge in [-0.25, -0.2) is 0 Å². The largest absolute Gasteiger partial charge is 0.384 e. The Kier molecular flexibility index (Phi) is 4.08. The maximum absolute atomic E-state index is 12.1. The van der Waals surface area contributed by atoms with Crippen LogP contribution in [0.25, 0.3) is 0 Å². The lowest BCUT2D eigenvalue weighted by Gasteiger charge is -2.06. The van der Waals surface area contributed by atoms with Crippen LogP contribution in [-0.4, -0.2) is 20.6 Å². The zero-order valence-electron chi connectivity index (χ0n) is 11.0. The van der Waals surface area contributed by atoms with E-state index in [1.165, 1.54) is 29.1 Å². The van der Waals surface area contributed by atoms with E-state index in [-0.39, 0.29) is 22.8 Å². The maximum atomic E-state index is 12.1. The molecular formula is C12H12ClN5O3. The van der Waals surface area contributed by atoms with Crippen LogP contribution in [0, 0.1) is 10.1 Å². The Bertz CT molecular complexity index is 713. The maximum Gasteiger partial charge on any atom is 0.282 e. The van der Waals surface area contributed by atoms with Gasteiger partial charge in [0.1, 0.15) is 11.4 Å². The number of nitrogens with one attached hydrogen (secondary N) is 1. The minimum absolute atomic E-state index is 0.102. The zero-order chi connectivity index (χ0) is 15.6. The number of nitro benzene ring substituents is 1. The van der Waals surface area contributed by atoms with E-state index in [4.69, 9.17) is 17.3 Å². The van der Waals surface area contributed by atoms with E-state index in [1.807, 2.05) is 0 Å². The van der Waals surface area contributed by atoms with E-state index < -0.39 is 10.8 Å². The third-order valence-electron chi connectivity index (χ3n) is 2.90. The van der Waals surface area contributed by atoms with E-state index in [2.05, 4.69) is 10.4 Å². The van der Waals surface area contributed by atoms with Crippen LogP contribution >= 0.6 is 11.6 Å². The van der Waals surface area contributed by atoms with Crippen molar-refractivity contribution in [3.8, 4) is 0 Å². The van der Waals surface area contributed by atoms with Crippen LogP contribution in [0.4, 0.5) is 11.5 Å². The van der Waals surface area contributed by atoms with Crippen molar-refractivity contribution in [1.82, 2.24) is 15.1 Å². The monoisotopic (exact) mass is 309 g/mol. The molecule has 0 bridgehead atoms. The third-order valence-corrected chi connectivity index (χ3v) is 3.14. The van der Waals surface area contributed by atoms with Crippen LogP contribution in [0.5, 0.6) is 0 Å². The number of nitrogen functional groups attached to an aromatic ring is 1. The molecule has 1 aromatic heterocycles. The second kappa shape index (κ2) is 5.80. The van der Waals surface area contributed by atoms with Crippen molar-refractivity contribution in [3.05, 3.63) is 50.7 Å². The number of hydrogen-bond acceptors (Lipinski definition) is 5. The Morgan fingerprint density at radius 3 is 2.86 bits per heavy atom. The number of halogens is 1. The highest BCUT2D eigenvalue weighted by Gasteiger charge is 2.20. The Morgan fingerprint density at radius 1 is 1.57 bits per heavy atom. The summed E-state index contributed by atoms with van der Waals surface area (Å²) in [6.45, 7) is 0.113. The first-order chi connectivity index (χ1) is 9.90. The molecule has 0 atom stereocenters. The molecule has 0 saturated heterocycles. The molecule has 0 spiro atoms. The van der Waals surface area contributed by atoms with Crippen molar-refractivity contribution in [2.75, 3.05) is 5.73 Å². The number of nitrogens with two attached hydrogens (primary N) is 1.